The molecule has 0 saturated carbocycles. The van der Waals surface area contributed by atoms with Crippen molar-refractivity contribution in [2.45, 2.75) is 46.1 Å². The maximum absolute atomic E-state index is 5.83. The molecule has 1 rings (SSSR count). The maximum Gasteiger partial charge on any atom is 0.0290 e. The van der Waals surface area contributed by atoms with Gasteiger partial charge in [0, 0.05) is 31.1 Å². The van der Waals surface area contributed by atoms with Crippen molar-refractivity contribution in [3.63, 3.8) is 0 Å². The van der Waals surface area contributed by atoms with Crippen LogP contribution >= 0.6 is 0 Å². The number of hydrogen-bond acceptors (Lipinski definition) is 3. The molecule has 0 amide bonds. The highest BCUT2D eigenvalue weighted by molar-refractivity contribution is 5.42. The van der Waals surface area contributed by atoms with Crippen LogP contribution in [0.1, 0.15) is 36.1 Å². The number of nitrogens with two attached hydrogens (primary N) is 2. The molecule has 1 aromatic rings. The van der Waals surface area contributed by atoms with E-state index in [0.29, 0.717) is 6.54 Å². The van der Waals surface area contributed by atoms with Crippen molar-refractivity contribution < 1.29 is 0 Å². The summed E-state index contributed by atoms with van der Waals surface area (Å²) in [6, 6.07) is 4.50. The van der Waals surface area contributed by atoms with Crippen molar-refractivity contribution in [2.75, 3.05) is 19.6 Å². The third-order valence-corrected chi connectivity index (χ3v) is 4.06. The zero-order chi connectivity index (χ0) is 14.6. The van der Waals surface area contributed by atoms with Gasteiger partial charge in [0.25, 0.3) is 0 Å². The summed E-state index contributed by atoms with van der Waals surface area (Å²) in [6.45, 7) is 13.3. The Bertz CT molecular complexity index is 424. The average Bonchev–Trinajstić information content (AvgIpc) is 2.35. The maximum atomic E-state index is 5.83. The van der Waals surface area contributed by atoms with Crippen LogP contribution in [0, 0.1) is 20.8 Å². The third-order valence-electron chi connectivity index (χ3n) is 4.06. The largest absolute Gasteiger partial charge is 0.329 e. The molecule has 1 atom stereocenters. The van der Waals surface area contributed by atoms with Crippen molar-refractivity contribution in [2.24, 2.45) is 11.5 Å². The van der Waals surface area contributed by atoms with E-state index < -0.39 is 0 Å². The molecule has 0 aliphatic carbocycles. The summed E-state index contributed by atoms with van der Waals surface area (Å²) in [7, 11) is 0. The first-order valence-corrected chi connectivity index (χ1v) is 7.03. The van der Waals surface area contributed by atoms with Gasteiger partial charge in [-0.2, -0.15) is 0 Å². The highest BCUT2D eigenvalue weighted by atomic mass is 14.9. The fourth-order valence-electron chi connectivity index (χ4n) is 2.44. The second kappa shape index (κ2) is 6.51. The summed E-state index contributed by atoms with van der Waals surface area (Å²) in [6.07, 6.45) is 0. The molecule has 0 aliphatic rings. The van der Waals surface area contributed by atoms with Gasteiger partial charge in [0.15, 0.2) is 0 Å². The van der Waals surface area contributed by atoms with Crippen LogP contribution in [0.2, 0.25) is 0 Å². The second-order valence-corrected chi connectivity index (χ2v) is 6.19. The van der Waals surface area contributed by atoms with E-state index in [1.165, 1.54) is 22.3 Å². The van der Waals surface area contributed by atoms with Gasteiger partial charge in [-0.25, -0.2) is 0 Å². The lowest BCUT2D eigenvalue weighted by atomic mass is 9.80. The van der Waals surface area contributed by atoms with E-state index in [4.69, 9.17) is 11.5 Å². The van der Waals surface area contributed by atoms with Gasteiger partial charge in [0.2, 0.25) is 0 Å². The summed E-state index contributed by atoms with van der Waals surface area (Å²) in [5.41, 5.74) is 17.0. The number of nitrogens with one attached hydrogen (secondary N) is 1. The molecule has 0 saturated heterocycles. The fourth-order valence-corrected chi connectivity index (χ4v) is 2.44. The van der Waals surface area contributed by atoms with Gasteiger partial charge in [0.05, 0.1) is 0 Å². The van der Waals surface area contributed by atoms with Crippen LogP contribution in [0.25, 0.3) is 0 Å². The number of benzene rings is 1. The number of hydrogen-bond donors (Lipinski definition) is 3. The highest BCUT2D eigenvalue weighted by Gasteiger charge is 2.23. The fraction of sp³-hybridized carbons (Fsp3) is 0.625. The monoisotopic (exact) mass is 263 g/mol. The molecule has 19 heavy (non-hydrogen) atoms. The Morgan fingerprint density at radius 1 is 1.16 bits per heavy atom. The summed E-state index contributed by atoms with van der Waals surface area (Å²) >= 11 is 0. The van der Waals surface area contributed by atoms with Gasteiger partial charge in [-0.1, -0.05) is 26.0 Å². The molecular weight excluding hydrogens is 234 g/mol. The van der Waals surface area contributed by atoms with E-state index in [2.05, 4.69) is 52.1 Å². The molecule has 108 valence electrons. The SMILES string of the molecule is Cc1ccc(C(C)(C)CNCC(N)CN)c(C)c1C. The van der Waals surface area contributed by atoms with E-state index in [9.17, 15) is 0 Å². The van der Waals surface area contributed by atoms with E-state index in [1.54, 1.807) is 0 Å². The van der Waals surface area contributed by atoms with Crippen molar-refractivity contribution in [3.8, 4) is 0 Å². The lowest BCUT2D eigenvalue weighted by molar-refractivity contribution is 0.452. The highest BCUT2D eigenvalue weighted by Crippen LogP contribution is 2.28. The van der Waals surface area contributed by atoms with E-state index >= 15 is 0 Å². The number of aryl methyl sites for hydroxylation is 1. The first-order chi connectivity index (χ1) is 8.79. The zero-order valence-electron chi connectivity index (χ0n) is 13.0. The normalized spacial score (nSPS) is 13.6. The Morgan fingerprint density at radius 2 is 1.79 bits per heavy atom. The average molecular weight is 263 g/mol. The van der Waals surface area contributed by atoms with Gasteiger partial charge in [-0.15, -0.1) is 0 Å². The molecule has 0 aromatic heterocycles. The van der Waals surface area contributed by atoms with Crippen molar-refractivity contribution in [1.82, 2.24) is 5.32 Å². The summed E-state index contributed by atoms with van der Waals surface area (Å²) < 4.78 is 0. The minimum absolute atomic E-state index is 0.0386. The van der Waals surface area contributed by atoms with Crippen molar-refractivity contribution in [1.29, 1.82) is 0 Å². The number of rotatable bonds is 6. The lowest BCUT2D eigenvalue weighted by Crippen LogP contribution is -2.43. The molecule has 5 N–H and O–H groups in total. The van der Waals surface area contributed by atoms with Crippen LogP contribution < -0.4 is 16.8 Å². The minimum atomic E-state index is 0.0386. The summed E-state index contributed by atoms with van der Waals surface area (Å²) in [5.74, 6) is 0. The van der Waals surface area contributed by atoms with Crippen LogP contribution in [0.4, 0.5) is 0 Å². The molecule has 0 fully saturated rings. The van der Waals surface area contributed by atoms with Crippen LogP contribution in [-0.2, 0) is 5.41 Å². The predicted octanol–water partition coefficient (Wildman–Crippen LogP) is 1.77. The molecule has 3 heteroatoms. The summed E-state index contributed by atoms with van der Waals surface area (Å²) in [5, 5.41) is 3.43. The first-order valence-electron chi connectivity index (χ1n) is 7.03. The molecule has 0 radical (unpaired) electrons. The molecule has 0 aliphatic heterocycles. The van der Waals surface area contributed by atoms with Crippen molar-refractivity contribution in [3.05, 3.63) is 34.4 Å². The van der Waals surface area contributed by atoms with E-state index in [-0.39, 0.29) is 11.5 Å². The molecule has 0 heterocycles. The van der Waals surface area contributed by atoms with Crippen molar-refractivity contribution >= 4 is 0 Å². The summed E-state index contributed by atoms with van der Waals surface area (Å²) in [4.78, 5) is 0. The van der Waals surface area contributed by atoms with Gasteiger partial charge < -0.3 is 16.8 Å². The van der Waals surface area contributed by atoms with Gasteiger partial charge in [-0.05, 0) is 43.0 Å². The van der Waals surface area contributed by atoms with E-state index in [0.717, 1.165) is 13.1 Å². The lowest BCUT2D eigenvalue weighted by Gasteiger charge is -2.29. The molecule has 3 nitrogen and oxygen atoms in total. The topological polar surface area (TPSA) is 64.1 Å². The second-order valence-electron chi connectivity index (χ2n) is 6.19. The van der Waals surface area contributed by atoms with Crippen LogP contribution in [0.15, 0.2) is 12.1 Å². The van der Waals surface area contributed by atoms with E-state index in [1.807, 2.05) is 0 Å². The van der Waals surface area contributed by atoms with Crippen LogP contribution in [-0.4, -0.2) is 25.7 Å². The predicted molar refractivity (Wildman–Crippen MR) is 83.6 cm³/mol. The Balaban J connectivity index is 2.80. The van der Waals surface area contributed by atoms with Gasteiger partial charge >= 0.3 is 0 Å². The smallest absolute Gasteiger partial charge is 0.0290 e. The molecule has 1 unspecified atom stereocenters. The molecule has 1 aromatic carbocycles. The first kappa shape index (κ1) is 16.2. The Morgan fingerprint density at radius 3 is 2.37 bits per heavy atom. The molecular formula is C16H29N3. The molecule has 0 spiro atoms. The van der Waals surface area contributed by atoms with Crippen LogP contribution in [0.3, 0.4) is 0 Å². The standard InChI is InChI=1S/C16H29N3/c1-11-6-7-15(13(3)12(11)2)16(4,5)10-19-9-14(18)8-17/h6-7,14,19H,8-10,17-18H2,1-5H3. The van der Waals surface area contributed by atoms with Gasteiger partial charge in [-0.3, -0.25) is 0 Å². The zero-order valence-corrected chi connectivity index (χ0v) is 13.0. The van der Waals surface area contributed by atoms with Crippen LogP contribution in [0.5, 0.6) is 0 Å². The Hall–Kier alpha value is -0.900. The third kappa shape index (κ3) is 4.03. The quantitative estimate of drug-likeness (QED) is 0.733. The van der Waals surface area contributed by atoms with Gasteiger partial charge in [0.1, 0.15) is 0 Å². The minimum Gasteiger partial charge on any atom is -0.329 e. The Labute approximate surface area is 117 Å². The molecule has 0 bridgehead atoms. The Kier molecular flexibility index (Phi) is 5.53.